The van der Waals surface area contributed by atoms with Gasteiger partial charge in [0.2, 0.25) is 5.75 Å². The maximum Gasteiger partial charge on any atom is 0.259 e. The molecule has 0 radical (unpaired) electrons. The van der Waals surface area contributed by atoms with Gasteiger partial charge in [0.25, 0.3) is 6.29 Å². The highest BCUT2D eigenvalue weighted by Gasteiger charge is 2.45. The Labute approximate surface area is 202 Å². The molecule has 2 aliphatic rings. The molecule has 2 unspecified atom stereocenters. The molecule has 0 spiro atoms. The second-order valence-electron chi connectivity index (χ2n) is 9.08. The van der Waals surface area contributed by atoms with Crippen LogP contribution in [0.1, 0.15) is 43.7 Å². The topological polar surface area (TPSA) is 73.2 Å². The fraction of sp³-hybridized carbons (Fsp3) is 0.519. The van der Waals surface area contributed by atoms with Crippen molar-refractivity contribution in [2.75, 3.05) is 28.4 Å². The van der Waals surface area contributed by atoms with Crippen LogP contribution >= 0.6 is 0 Å². The molecule has 2 aromatic carbocycles. The van der Waals surface area contributed by atoms with E-state index in [-0.39, 0.29) is 0 Å². The molecule has 2 atom stereocenters. The number of hydrogen-bond donors (Lipinski definition) is 0. The highest BCUT2D eigenvalue weighted by atomic mass is 16.7. The van der Waals surface area contributed by atoms with Crippen LogP contribution in [0.15, 0.2) is 30.3 Å². The van der Waals surface area contributed by atoms with Gasteiger partial charge >= 0.3 is 0 Å². The molecule has 0 fully saturated rings. The summed E-state index contributed by atoms with van der Waals surface area (Å²) in [5, 5.41) is 10.1. The molecule has 2 aliphatic heterocycles. The number of methoxy groups -OCH3 is 3. The van der Waals surface area contributed by atoms with Crippen LogP contribution in [0.2, 0.25) is 0 Å². The second kappa shape index (κ2) is 10.0. The van der Waals surface area contributed by atoms with E-state index in [1.54, 1.807) is 21.3 Å². The lowest BCUT2D eigenvalue weighted by molar-refractivity contribution is -0.0458. The molecule has 4 rings (SSSR count). The van der Waals surface area contributed by atoms with E-state index in [0.717, 1.165) is 31.6 Å². The van der Waals surface area contributed by atoms with E-state index in [1.165, 1.54) is 11.1 Å². The Hall–Kier alpha value is -3.11. The van der Waals surface area contributed by atoms with Crippen LogP contribution in [0.4, 0.5) is 0 Å². The zero-order valence-corrected chi connectivity index (χ0v) is 20.7. The summed E-state index contributed by atoms with van der Waals surface area (Å²) in [5.74, 6) is 3.49. The van der Waals surface area contributed by atoms with Crippen molar-refractivity contribution in [3.63, 3.8) is 0 Å². The first-order chi connectivity index (χ1) is 16.5. The van der Waals surface area contributed by atoms with Crippen LogP contribution in [0, 0.1) is 16.7 Å². The Bertz CT molecular complexity index is 1040. The maximum atomic E-state index is 10.1. The summed E-state index contributed by atoms with van der Waals surface area (Å²) in [5.41, 5.74) is 1.67. The number of fused-ring (bicyclic) bond motifs is 2. The minimum Gasteiger partial charge on any atom is -0.493 e. The Morgan fingerprint density at radius 2 is 1.76 bits per heavy atom. The van der Waals surface area contributed by atoms with Crippen molar-refractivity contribution in [1.82, 2.24) is 4.90 Å². The van der Waals surface area contributed by atoms with Gasteiger partial charge in [-0.3, -0.25) is 4.90 Å². The first-order valence-electron chi connectivity index (χ1n) is 11.8. The lowest BCUT2D eigenvalue weighted by Gasteiger charge is -2.36. The van der Waals surface area contributed by atoms with E-state index in [4.69, 9.17) is 23.7 Å². The lowest BCUT2D eigenvalue weighted by atomic mass is 9.79. The Morgan fingerprint density at radius 1 is 1.09 bits per heavy atom. The number of likely N-dealkylation sites (N-methyl/N-ethyl adjacent to an activating group) is 1. The van der Waals surface area contributed by atoms with Crippen LogP contribution in [0.25, 0.3) is 0 Å². The van der Waals surface area contributed by atoms with Gasteiger partial charge in [0.05, 0.1) is 27.4 Å². The molecular formula is C27H34N2O5. The van der Waals surface area contributed by atoms with Gasteiger partial charge in [0.1, 0.15) is 5.41 Å². The van der Waals surface area contributed by atoms with Crippen LogP contribution in [-0.4, -0.2) is 45.6 Å². The molecule has 0 saturated carbocycles. The number of nitrogens with zero attached hydrogens (tertiary/aromatic N) is 2. The summed E-state index contributed by atoms with van der Waals surface area (Å²) in [6, 6.07) is 12.5. The predicted molar refractivity (Wildman–Crippen MR) is 129 cm³/mol. The molecular weight excluding hydrogens is 432 g/mol. The molecule has 0 aromatic heterocycles. The SMILES string of the molecule is CCC(C#N)(CCCC1Cc2c(cc(OC)c(OC)c2OC)CN1C)C1Oc2ccccc2O1. The largest absolute Gasteiger partial charge is 0.493 e. The van der Waals surface area contributed by atoms with Gasteiger partial charge in [-0.2, -0.15) is 5.26 Å². The molecule has 7 nitrogen and oxygen atoms in total. The lowest BCUT2D eigenvalue weighted by Crippen LogP contribution is -2.41. The molecule has 0 amide bonds. The van der Waals surface area contributed by atoms with E-state index in [0.29, 0.717) is 41.9 Å². The second-order valence-corrected chi connectivity index (χ2v) is 9.08. The van der Waals surface area contributed by atoms with Crippen LogP contribution in [0.3, 0.4) is 0 Å². The molecule has 0 N–H and O–H groups in total. The van der Waals surface area contributed by atoms with Gasteiger partial charge in [-0.05, 0) is 62.9 Å². The van der Waals surface area contributed by atoms with E-state index in [1.807, 2.05) is 37.3 Å². The van der Waals surface area contributed by atoms with Crippen molar-refractivity contribution >= 4 is 0 Å². The Morgan fingerprint density at radius 3 is 2.32 bits per heavy atom. The standard InChI is InChI=1S/C27H34N2O5/c1-6-27(17-28,26-33-21-11-7-8-12-22(21)34-26)13-9-10-19-15-20-18(16-29(19)2)14-23(30-3)25(32-5)24(20)31-4/h7-8,11-12,14,19,26H,6,9-10,13,15-16H2,1-5H3. The molecule has 2 aromatic rings. The van der Waals surface area contributed by atoms with Gasteiger partial charge in [-0.1, -0.05) is 19.1 Å². The number of nitriles is 1. The highest BCUT2D eigenvalue weighted by Crippen LogP contribution is 2.46. The van der Waals surface area contributed by atoms with Gasteiger partial charge in [0.15, 0.2) is 23.0 Å². The van der Waals surface area contributed by atoms with Gasteiger partial charge in [-0.15, -0.1) is 0 Å². The summed E-state index contributed by atoms with van der Waals surface area (Å²) in [6.07, 6.45) is 3.48. The Balaban J connectivity index is 1.46. The van der Waals surface area contributed by atoms with Crippen LogP contribution in [0.5, 0.6) is 28.7 Å². The van der Waals surface area contributed by atoms with Gasteiger partial charge < -0.3 is 23.7 Å². The molecule has 34 heavy (non-hydrogen) atoms. The zero-order valence-electron chi connectivity index (χ0n) is 20.7. The number of ether oxygens (including phenoxy) is 5. The number of para-hydroxylation sites is 2. The fourth-order valence-corrected chi connectivity index (χ4v) is 5.17. The van der Waals surface area contributed by atoms with Crippen molar-refractivity contribution in [2.24, 2.45) is 5.41 Å². The molecule has 2 heterocycles. The van der Waals surface area contributed by atoms with E-state index in [9.17, 15) is 5.26 Å². The highest BCUT2D eigenvalue weighted by molar-refractivity contribution is 5.60. The maximum absolute atomic E-state index is 10.1. The zero-order chi connectivity index (χ0) is 24.3. The smallest absolute Gasteiger partial charge is 0.259 e. The van der Waals surface area contributed by atoms with E-state index in [2.05, 4.69) is 18.0 Å². The minimum atomic E-state index is -0.696. The van der Waals surface area contributed by atoms with Crippen molar-refractivity contribution < 1.29 is 23.7 Å². The number of benzene rings is 2. The van der Waals surface area contributed by atoms with Crippen molar-refractivity contribution in [1.29, 1.82) is 5.26 Å². The van der Waals surface area contributed by atoms with Gasteiger partial charge in [-0.25, -0.2) is 0 Å². The number of hydrogen-bond acceptors (Lipinski definition) is 7. The van der Waals surface area contributed by atoms with Crippen molar-refractivity contribution in [2.45, 2.75) is 57.9 Å². The first-order valence-corrected chi connectivity index (χ1v) is 11.8. The third-order valence-corrected chi connectivity index (χ3v) is 7.29. The number of rotatable bonds is 9. The third kappa shape index (κ3) is 4.23. The summed E-state index contributed by atoms with van der Waals surface area (Å²) >= 11 is 0. The summed E-state index contributed by atoms with van der Waals surface area (Å²) in [4.78, 5) is 2.37. The minimum absolute atomic E-state index is 0.329. The quantitative estimate of drug-likeness (QED) is 0.517. The van der Waals surface area contributed by atoms with Crippen molar-refractivity contribution in [3.8, 4) is 34.8 Å². The molecule has 0 aliphatic carbocycles. The average Bonchev–Trinajstić information content (AvgIpc) is 3.30. The normalized spacial score (nSPS) is 19.1. The van der Waals surface area contributed by atoms with Crippen molar-refractivity contribution in [3.05, 3.63) is 41.5 Å². The fourth-order valence-electron chi connectivity index (χ4n) is 5.17. The third-order valence-electron chi connectivity index (χ3n) is 7.29. The summed E-state index contributed by atoms with van der Waals surface area (Å²) < 4.78 is 29.0. The average molecular weight is 467 g/mol. The molecule has 7 heteroatoms. The predicted octanol–water partition coefficient (Wildman–Crippen LogP) is 4.96. The summed E-state index contributed by atoms with van der Waals surface area (Å²) in [6.45, 7) is 2.84. The molecule has 0 saturated heterocycles. The van der Waals surface area contributed by atoms with Gasteiger partial charge in [0, 0.05) is 18.2 Å². The van der Waals surface area contributed by atoms with Crippen LogP contribution < -0.4 is 23.7 Å². The Kier molecular flexibility index (Phi) is 7.08. The molecule has 182 valence electrons. The molecule has 0 bridgehead atoms. The first kappa shape index (κ1) is 24.0. The van der Waals surface area contributed by atoms with E-state index < -0.39 is 11.7 Å². The monoisotopic (exact) mass is 466 g/mol. The summed E-state index contributed by atoms with van der Waals surface area (Å²) in [7, 11) is 7.10. The van der Waals surface area contributed by atoms with Crippen LogP contribution in [-0.2, 0) is 13.0 Å². The van der Waals surface area contributed by atoms with E-state index >= 15 is 0 Å².